The van der Waals surface area contributed by atoms with E-state index in [0.717, 1.165) is 31.2 Å². The molecule has 2 heterocycles. The van der Waals surface area contributed by atoms with E-state index in [1.165, 1.54) is 36.7 Å². The predicted molar refractivity (Wildman–Crippen MR) is 77.7 cm³/mol. The first kappa shape index (κ1) is 13.3. The Bertz CT molecular complexity index is 545. The van der Waals surface area contributed by atoms with E-state index in [1.54, 1.807) is 0 Å². The van der Waals surface area contributed by atoms with Crippen LogP contribution in [0.5, 0.6) is 0 Å². The van der Waals surface area contributed by atoms with Crippen LogP contribution in [0.3, 0.4) is 0 Å². The summed E-state index contributed by atoms with van der Waals surface area (Å²) in [4.78, 5) is 2.39. The van der Waals surface area contributed by atoms with Crippen LogP contribution in [0.1, 0.15) is 45.4 Å². The van der Waals surface area contributed by atoms with Crippen molar-refractivity contribution in [2.45, 2.75) is 45.4 Å². The summed E-state index contributed by atoms with van der Waals surface area (Å²) in [5, 5.41) is 16.0. The molecule has 0 saturated heterocycles. The minimum absolute atomic E-state index is 0.697. The van der Waals surface area contributed by atoms with Crippen LogP contribution in [0.2, 0.25) is 0 Å². The Balaban J connectivity index is 1.77. The smallest absolute Gasteiger partial charge is 0.200 e. The number of hydrogen-bond donors (Lipinski definition) is 0. The first-order valence-electron chi connectivity index (χ1n) is 7.67. The molecule has 0 amide bonds. The van der Waals surface area contributed by atoms with E-state index >= 15 is 0 Å². The van der Waals surface area contributed by atoms with E-state index < -0.39 is 0 Å². The number of rotatable bonds is 5. The molecular weight excluding hydrogens is 252 g/mol. The van der Waals surface area contributed by atoms with Gasteiger partial charge in [-0.1, -0.05) is 26.2 Å². The molecule has 6 nitrogen and oxygen atoms in total. The number of tetrazole rings is 1. The Hall–Kier alpha value is -1.72. The van der Waals surface area contributed by atoms with Gasteiger partial charge in [-0.3, -0.25) is 0 Å². The summed E-state index contributed by atoms with van der Waals surface area (Å²) >= 11 is 0. The first-order chi connectivity index (χ1) is 9.86. The van der Waals surface area contributed by atoms with Crippen LogP contribution in [-0.4, -0.2) is 38.3 Å². The molecule has 1 saturated carbocycles. The highest BCUT2D eigenvalue weighted by Gasteiger charge is 2.18. The zero-order chi connectivity index (χ0) is 13.8. The highest BCUT2D eigenvalue weighted by atomic mass is 15.6. The highest BCUT2D eigenvalue weighted by molar-refractivity contribution is 5.44. The number of fused-ring (bicyclic) bond motifs is 1. The van der Waals surface area contributed by atoms with Crippen LogP contribution in [0.15, 0.2) is 12.1 Å². The summed E-state index contributed by atoms with van der Waals surface area (Å²) in [5.74, 6) is 1.79. The molecule has 6 heteroatoms. The van der Waals surface area contributed by atoms with E-state index in [-0.39, 0.29) is 0 Å². The lowest BCUT2D eigenvalue weighted by Gasteiger charge is -2.30. The van der Waals surface area contributed by atoms with Crippen LogP contribution < -0.4 is 4.90 Å². The molecule has 0 aromatic carbocycles. The molecule has 3 rings (SSSR count). The molecule has 0 bridgehead atoms. The second kappa shape index (κ2) is 6.15. The molecule has 108 valence electrons. The first-order valence-corrected chi connectivity index (χ1v) is 7.67. The molecule has 0 radical (unpaired) electrons. The SMILES string of the molecule is CCCN(CC1CCCCC1)c1ccc2nnnn2n1. The summed E-state index contributed by atoms with van der Waals surface area (Å²) < 4.78 is 1.51. The van der Waals surface area contributed by atoms with Crippen LogP contribution in [0, 0.1) is 5.92 Å². The summed E-state index contributed by atoms with van der Waals surface area (Å²) in [6.07, 6.45) is 8.00. The van der Waals surface area contributed by atoms with E-state index in [2.05, 4.69) is 32.4 Å². The molecule has 0 unspecified atom stereocenters. The average Bonchev–Trinajstić information content (AvgIpc) is 2.95. The van der Waals surface area contributed by atoms with E-state index in [0.29, 0.717) is 5.65 Å². The zero-order valence-electron chi connectivity index (χ0n) is 12.1. The standard InChI is InChI=1S/C14H22N6/c1-2-10-19(11-12-6-4-3-5-7-12)14-9-8-13-15-17-18-20(13)16-14/h8-9,12H,2-7,10-11H2,1H3. The van der Waals surface area contributed by atoms with Crippen molar-refractivity contribution in [2.24, 2.45) is 5.92 Å². The quantitative estimate of drug-likeness (QED) is 0.837. The minimum Gasteiger partial charge on any atom is -0.355 e. The lowest BCUT2D eigenvalue weighted by atomic mass is 9.89. The molecule has 0 atom stereocenters. The number of nitrogens with zero attached hydrogens (tertiary/aromatic N) is 6. The summed E-state index contributed by atoms with van der Waals surface area (Å²) in [7, 11) is 0. The van der Waals surface area contributed by atoms with Gasteiger partial charge in [-0.05, 0) is 47.7 Å². The van der Waals surface area contributed by atoms with Crippen molar-refractivity contribution in [1.29, 1.82) is 0 Å². The summed E-state index contributed by atoms with van der Waals surface area (Å²) in [6.45, 7) is 4.36. The third kappa shape index (κ3) is 2.89. The zero-order valence-corrected chi connectivity index (χ0v) is 12.1. The van der Waals surface area contributed by atoms with Gasteiger partial charge in [0, 0.05) is 13.1 Å². The van der Waals surface area contributed by atoms with Gasteiger partial charge in [0.15, 0.2) is 11.5 Å². The average molecular weight is 274 g/mol. The number of aromatic nitrogens is 5. The van der Waals surface area contributed by atoms with Gasteiger partial charge in [0.1, 0.15) is 0 Å². The molecule has 0 aliphatic heterocycles. The lowest BCUT2D eigenvalue weighted by molar-refractivity contribution is 0.357. The molecule has 0 N–H and O–H groups in total. The van der Waals surface area contributed by atoms with Crippen molar-refractivity contribution >= 4 is 11.5 Å². The Kier molecular flexibility index (Phi) is 4.08. The molecule has 1 aliphatic carbocycles. The number of anilines is 1. The van der Waals surface area contributed by atoms with Crippen molar-refractivity contribution in [1.82, 2.24) is 25.3 Å². The van der Waals surface area contributed by atoms with Gasteiger partial charge < -0.3 is 4.90 Å². The second-order valence-electron chi connectivity index (χ2n) is 5.67. The van der Waals surface area contributed by atoms with Crippen molar-refractivity contribution < 1.29 is 0 Å². The maximum Gasteiger partial charge on any atom is 0.200 e. The van der Waals surface area contributed by atoms with Gasteiger partial charge in [-0.15, -0.1) is 14.8 Å². The largest absolute Gasteiger partial charge is 0.355 e. The van der Waals surface area contributed by atoms with E-state index in [1.807, 2.05) is 12.1 Å². The summed E-state index contributed by atoms with van der Waals surface area (Å²) in [5.41, 5.74) is 0.697. The van der Waals surface area contributed by atoms with Crippen molar-refractivity contribution in [3.63, 3.8) is 0 Å². The number of hydrogen-bond acceptors (Lipinski definition) is 5. The highest BCUT2D eigenvalue weighted by Crippen LogP contribution is 2.26. The van der Waals surface area contributed by atoms with Gasteiger partial charge in [0.25, 0.3) is 0 Å². The Morgan fingerprint density at radius 2 is 2.10 bits per heavy atom. The molecule has 2 aromatic rings. The van der Waals surface area contributed by atoms with Gasteiger partial charge >= 0.3 is 0 Å². The van der Waals surface area contributed by atoms with Crippen LogP contribution in [-0.2, 0) is 0 Å². The maximum absolute atomic E-state index is 4.53. The van der Waals surface area contributed by atoms with Gasteiger partial charge in [-0.2, -0.15) is 0 Å². The monoisotopic (exact) mass is 274 g/mol. The van der Waals surface area contributed by atoms with Crippen LogP contribution >= 0.6 is 0 Å². The minimum atomic E-state index is 0.697. The van der Waals surface area contributed by atoms with Crippen molar-refractivity contribution in [2.75, 3.05) is 18.0 Å². The second-order valence-corrected chi connectivity index (χ2v) is 5.67. The van der Waals surface area contributed by atoms with Crippen LogP contribution in [0.4, 0.5) is 5.82 Å². The molecule has 20 heavy (non-hydrogen) atoms. The maximum atomic E-state index is 4.53. The molecule has 2 aromatic heterocycles. The molecular formula is C14H22N6. The third-order valence-corrected chi connectivity index (χ3v) is 4.08. The summed E-state index contributed by atoms with van der Waals surface area (Å²) in [6, 6.07) is 3.97. The fourth-order valence-corrected chi connectivity index (χ4v) is 3.06. The van der Waals surface area contributed by atoms with E-state index in [4.69, 9.17) is 0 Å². The lowest BCUT2D eigenvalue weighted by Crippen LogP contribution is -2.32. The molecule has 1 aliphatic rings. The van der Waals surface area contributed by atoms with Crippen molar-refractivity contribution in [3.8, 4) is 0 Å². The van der Waals surface area contributed by atoms with Crippen molar-refractivity contribution in [3.05, 3.63) is 12.1 Å². The van der Waals surface area contributed by atoms with Crippen LogP contribution in [0.25, 0.3) is 5.65 Å². The van der Waals surface area contributed by atoms with E-state index in [9.17, 15) is 0 Å². The molecule has 0 spiro atoms. The van der Waals surface area contributed by atoms with Gasteiger partial charge in [0.2, 0.25) is 0 Å². The Labute approximate surface area is 119 Å². The van der Waals surface area contributed by atoms with Gasteiger partial charge in [0.05, 0.1) is 0 Å². The fraction of sp³-hybridized carbons (Fsp3) is 0.714. The topological polar surface area (TPSA) is 59.2 Å². The Morgan fingerprint density at radius 3 is 2.90 bits per heavy atom. The predicted octanol–water partition coefficient (Wildman–Crippen LogP) is 2.32. The Morgan fingerprint density at radius 1 is 1.25 bits per heavy atom. The third-order valence-electron chi connectivity index (χ3n) is 4.08. The van der Waals surface area contributed by atoms with Gasteiger partial charge in [-0.25, -0.2) is 0 Å². The molecule has 1 fully saturated rings. The fourth-order valence-electron chi connectivity index (χ4n) is 3.06. The normalized spacial score (nSPS) is 16.6.